The normalized spacial score (nSPS) is 13.6. The van der Waals surface area contributed by atoms with Crippen LogP contribution in [0.5, 0.6) is 5.75 Å². The minimum absolute atomic E-state index is 0.00897. The van der Waals surface area contributed by atoms with E-state index in [1.807, 2.05) is 31.2 Å². The van der Waals surface area contributed by atoms with Crippen molar-refractivity contribution >= 4 is 23.5 Å². The molecule has 1 atom stereocenters. The standard InChI is InChI=1S/C23H26N2O5/c1-3-16-4-6-17(7-5-16)15(2)24-22(27)13-30-23(28)14-29-19-9-10-20-18(12-19)8-11-21(26)25-20/h4-7,9-10,12,15H,3,8,11,13-14H2,1-2H3,(H,24,27)(H,25,26). The number of hydrogen-bond donors (Lipinski definition) is 2. The van der Waals surface area contributed by atoms with Crippen molar-refractivity contribution in [3.05, 3.63) is 59.2 Å². The molecule has 1 heterocycles. The van der Waals surface area contributed by atoms with E-state index < -0.39 is 5.97 Å². The maximum Gasteiger partial charge on any atom is 0.344 e. The van der Waals surface area contributed by atoms with Crippen LogP contribution >= 0.6 is 0 Å². The van der Waals surface area contributed by atoms with Crippen LogP contribution < -0.4 is 15.4 Å². The van der Waals surface area contributed by atoms with E-state index in [9.17, 15) is 14.4 Å². The van der Waals surface area contributed by atoms with Gasteiger partial charge in [-0.25, -0.2) is 4.79 Å². The van der Waals surface area contributed by atoms with Crippen molar-refractivity contribution in [3.8, 4) is 5.75 Å². The summed E-state index contributed by atoms with van der Waals surface area (Å²) in [6, 6.07) is 13.1. The van der Waals surface area contributed by atoms with Crippen molar-refractivity contribution in [2.75, 3.05) is 18.5 Å². The van der Waals surface area contributed by atoms with E-state index in [4.69, 9.17) is 9.47 Å². The van der Waals surface area contributed by atoms with Crippen molar-refractivity contribution in [3.63, 3.8) is 0 Å². The van der Waals surface area contributed by atoms with Gasteiger partial charge >= 0.3 is 5.97 Å². The molecule has 0 bridgehead atoms. The van der Waals surface area contributed by atoms with Gasteiger partial charge < -0.3 is 20.1 Å². The van der Waals surface area contributed by atoms with Crippen LogP contribution in [0.15, 0.2) is 42.5 Å². The molecule has 158 valence electrons. The van der Waals surface area contributed by atoms with Gasteiger partial charge in [-0.3, -0.25) is 9.59 Å². The first-order valence-corrected chi connectivity index (χ1v) is 10.0. The molecular formula is C23H26N2O5. The zero-order valence-corrected chi connectivity index (χ0v) is 17.2. The van der Waals surface area contributed by atoms with E-state index in [2.05, 4.69) is 17.6 Å². The third-order valence-electron chi connectivity index (χ3n) is 4.96. The molecule has 2 aromatic rings. The van der Waals surface area contributed by atoms with Gasteiger partial charge in [0.1, 0.15) is 5.75 Å². The third kappa shape index (κ3) is 5.83. The van der Waals surface area contributed by atoms with E-state index in [-0.39, 0.29) is 31.1 Å². The highest BCUT2D eigenvalue weighted by Crippen LogP contribution is 2.26. The van der Waals surface area contributed by atoms with Gasteiger partial charge in [0.2, 0.25) is 5.91 Å². The SMILES string of the molecule is CCc1ccc(C(C)NC(=O)COC(=O)COc2ccc3c(c2)CCC(=O)N3)cc1. The molecular weight excluding hydrogens is 384 g/mol. The maximum atomic E-state index is 12.1. The van der Waals surface area contributed by atoms with Crippen LogP contribution in [-0.4, -0.2) is 31.0 Å². The smallest absolute Gasteiger partial charge is 0.344 e. The summed E-state index contributed by atoms with van der Waals surface area (Å²) in [6.45, 7) is 3.30. The molecule has 1 aliphatic rings. The van der Waals surface area contributed by atoms with Crippen molar-refractivity contribution < 1.29 is 23.9 Å². The van der Waals surface area contributed by atoms with Crippen LogP contribution in [0.4, 0.5) is 5.69 Å². The minimum atomic E-state index is -0.629. The Labute approximate surface area is 175 Å². The quantitative estimate of drug-likeness (QED) is 0.653. The number of amides is 2. The highest BCUT2D eigenvalue weighted by molar-refractivity contribution is 5.94. The summed E-state index contributed by atoms with van der Waals surface area (Å²) in [7, 11) is 0. The van der Waals surface area contributed by atoms with Crippen molar-refractivity contribution in [1.29, 1.82) is 0 Å². The Hall–Kier alpha value is -3.35. The van der Waals surface area contributed by atoms with Crippen LogP contribution in [0.1, 0.15) is 43.0 Å². The number of rotatable bonds is 8. The van der Waals surface area contributed by atoms with Crippen molar-refractivity contribution in [2.45, 2.75) is 39.2 Å². The Morgan fingerprint density at radius 1 is 1.10 bits per heavy atom. The third-order valence-corrected chi connectivity index (χ3v) is 4.96. The molecule has 0 spiro atoms. The monoisotopic (exact) mass is 410 g/mol. The van der Waals surface area contributed by atoms with Crippen LogP contribution in [-0.2, 0) is 32.0 Å². The summed E-state index contributed by atoms with van der Waals surface area (Å²) < 4.78 is 10.4. The topological polar surface area (TPSA) is 93.7 Å². The lowest BCUT2D eigenvalue weighted by Crippen LogP contribution is -2.32. The lowest BCUT2D eigenvalue weighted by molar-refractivity contribution is -0.150. The lowest BCUT2D eigenvalue weighted by atomic mass is 10.0. The predicted molar refractivity (Wildman–Crippen MR) is 112 cm³/mol. The molecule has 2 amide bonds. The van der Waals surface area contributed by atoms with Gasteiger partial charge in [0.05, 0.1) is 6.04 Å². The summed E-state index contributed by atoms with van der Waals surface area (Å²) in [5, 5.41) is 5.60. The minimum Gasteiger partial charge on any atom is -0.482 e. The second-order valence-corrected chi connectivity index (χ2v) is 7.20. The average molecular weight is 410 g/mol. The van der Waals surface area contributed by atoms with E-state index in [1.54, 1.807) is 18.2 Å². The molecule has 1 aliphatic heterocycles. The Bertz CT molecular complexity index is 924. The second-order valence-electron chi connectivity index (χ2n) is 7.20. The molecule has 0 radical (unpaired) electrons. The van der Waals surface area contributed by atoms with Gasteiger partial charge in [-0.05, 0) is 54.7 Å². The number of anilines is 1. The van der Waals surface area contributed by atoms with Crippen LogP contribution in [0.25, 0.3) is 0 Å². The summed E-state index contributed by atoms with van der Waals surface area (Å²) in [4.78, 5) is 35.3. The van der Waals surface area contributed by atoms with Crippen LogP contribution in [0, 0.1) is 0 Å². The van der Waals surface area contributed by atoms with Gasteiger partial charge in [0.25, 0.3) is 5.91 Å². The summed E-state index contributed by atoms with van der Waals surface area (Å²) >= 11 is 0. The molecule has 0 saturated carbocycles. The Balaban J connectivity index is 1.40. The first-order chi connectivity index (χ1) is 14.4. The Morgan fingerprint density at radius 3 is 2.60 bits per heavy atom. The predicted octanol–water partition coefficient (Wildman–Crippen LogP) is 2.93. The number of carbonyl (C=O) groups is 3. The van der Waals surface area contributed by atoms with E-state index in [0.717, 1.165) is 23.2 Å². The molecule has 3 rings (SSSR count). The number of ether oxygens (including phenoxy) is 2. The first kappa shape index (κ1) is 21.4. The molecule has 0 fully saturated rings. The van der Waals surface area contributed by atoms with E-state index in [0.29, 0.717) is 18.6 Å². The number of hydrogen-bond acceptors (Lipinski definition) is 5. The number of aryl methyl sites for hydroxylation is 2. The first-order valence-electron chi connectivity index (χ1n) is 10.0. The summed E-state index contributed by atoms with van der Waals surface area (Å²) in [5.74, 6) is -0.503. The molecule has 7 nitrogen and oxygen atoms in total. The highest BCUT2D eigenvalue weighted by atomic mass is 16.6. The van der Waals surface area contributed by atoms with Gasteiger partial charge in [0.15, 0.2) is 13.2 Å². The molecule has 2 aromatic carbocycles. The molecule has 0 aliphatic carbocycles. The molecule has 2 N–H and O–H groups in total. The van der Waals surface area contributed by atoms with Crippen molar-refractivity contribution in [1.82, 2.24) is 5.32 Å². The Morgan fingerprint density at radius 2 is 1.87 bits per heavy atom. The zero-order chi connectivity index (χ0) is 21.5. The fourth-order valence-electron chi connectivity index (χ4n) is 3.19. The lowest BCUT2D eigenvalue weighted by Gasteiger charge is -2.17. The van der Waals surface area contributed by atoms with Gasteiger partial charge in [-0.15, -0.1) is 0 Å². The van der Waals surface area contributed by atoms with E-state index in [1.165, 1.54) is 5.56 Å². The van der Waals surface area contributed by atoms with Crippen LogP contribution in [0.3, 0.4) is 0 Å². The largest absolute Gasteiger partial charge is 0.482 e. The fourth-order valence-corrected chi connectivity index (χ4v) is 3.19. The molecule has 30 heavy (non-hydrogen) atoms. The molecule has 0 aromatic heterocycles. The molecule has 1 unspecified atom stereocenters. The Kier molecular flexibility index (Phi) is 7.06. The van der Waals surface area contributed by atoms with Crippen LogP contribution in [0.2, 0.25) is 0 Å². The summed E-state index contributed by atoms with van der Waals surface area (Å²) in [6.07, 6.45) is 2.01. The molecule has 0 saturated heterocycles. The number of benzene rings is 2. The summed E-state index contributed by atoms with van der Waals surface area (Å²) in [5.41, 5.74) is 3.94. The average Bonchev–Trinajstić information content (AvgIpc) is 2.76. The van der Waals surface area contributed by atoms with E-state index >= 15 is 0 Å². The van der Waals surface area contributed by atoms with Gasteiger partial charge in [-0.1, -0.05) is 31.2 Å². The zero-order valence-electron chi connectivity index (χ0n) is 17.2. The second kappa shape index (κ2) is 9.91. The van der Waals surface area contributed by atoms with Crippen molar-refractivity contribution in [2.24, 2.45) is 0 Å². The molecule has 7 heteroatoms. The number of carbonyl (C=O) groups excluding carboxylic acids is 3. The van der Waals surface area contributed by atoms with Gasteiger partial charge in [0, 0.05) is 12.1 Å². The number of esters is 1. The highest BCUT2D eigenvalue weighted by Gasteiger charge is 2.16. The number of nitrogens with one attached hydrogen (secondary N) is 2. The van der Waals surface area contributed by atoms with Gasteiger partial charge in [-0.2, -0.15) is 0 Å². The fraction of sp³-hybridized carbons (Fsp3) is 0.348. The number of fused-ring (bicyclic) bond motifs is 1. The maximum absolute atomic E-state index is 12.1.